The minimum atomic E-state index is -0.0522. The van der Waals surface area contributed by atoms with Crippen LogP contribution in [0.2, 0.25) is 0 Å². The number of methoxy groups -OCH3 is 1. The summed E-state index contributed by atoms with van der Waals surface area (Å²) in [5, 5.41) is 3.01. The second kappa shape index (κ2) is 6.64. The van der Waals surface area contributed by atoms with Crippen LogP contribution in [0.1, 0.15) is 55.8 Å². The summed E-state index contributed by atoms with van der Waals surface area (Å²) >= 11 is 0. The van der Waals surface area contributed by atoms with E-state index in [4.69, 9.17) is 9.47 Å². The molecule has 4 nitrogen and oxygen atoms in total. The Morgan fingerprint density at radius 2 is 1.68 bits per heavy atom. The van der Waals surface area contributed by atoms with Gasteiger partial charge < -0.3 is 14.8 Å². The Bertz CT molecular complexity index is 589. The number of rotatable bonds is 6. The molecule has 4 saturated carbocycles. The average Bonchev–Trinajstić information content (AvgIpc) is 2.58. The van der Waals surface area contributed by atoms with Crippen molar-refractivity contribution < 1.29 is 14.3 Å². The number of nitrogens with one attached hydrogen (secondary N) is 1. The van der Waals surface area contributed by atoms with Crippen LogP contribution in [0.15, 0.2) is 24.3 Å². The lowest BCUT2D eigenvalue weighted by Gasteiger charge is -2.57. The van der Waals surface area contributed by atoms with Crippen LogP contribution in [0.25, 0.3) is 0 Å². The van der Waals surface area contributed by atoms with Crippen LogP contribution in [0.3, 0.4) is 0 Å². The number of benzene rings is 1. The van der Waals surface area contributed by atoms with Crippen LogP contribution >= 0.6 is 0 Å². The molecular weight excluding hydrogens is 314 g/mol. The molecule has 0 spiro atoms. The molecule has 0 unspecified atom stereocenters. The highest BCUT2D eigenvalue weighted by molar-refractivity contribution is 5.94. The van der Waals surface area contributed by atoms with Crippen molar-refractivity contribution in [1.82, 2.24) is 5.32 Å². The molecule has 136 valence electrons. The Morgan fingerprint density at radius 1 is 1.12 bits per heavy atom. The van der Waals surface area contributed by atoms with Crippen LogP contribution in [-0.4, -0.2) is 31.3 Å². The third-order valence-electron chi connectivity index (χ3n) is 6.34. The highest BCUT2D eigenvalue weighted by Gasteiger charge is 2.52. The SMILES string of the molecule is COc1ccc(C(=O)NC[C@@H](C)OC23CC4CC(CC(C4)C2)C3)cc1. The predicted octanol–water partition coefficient (Wildman–Crippen LogP) is 3.80. The molecule has 1 N–H and O–H groups in total. The van der Waals surface area contributed by atoms with Crippen LogP contribution < -0.4 is 10.1 Å². The molecule has 4 bridgehead atoms. The molecule has 25 heavy (non-hydrogen) atoms. The molecule has 4 aliphatic rings. The van der Waals surface area contributed by atoms with Gasteiger partial charge in [-0.1, -0.05) is 0 Å². The maximum Gasteiger partial charge on any atom is 0.251 e. The molecule has 1 amide bonds. The van der Waals surface area contributed by atoms with Gasteiger partial charge in [-0.15, -0.1) is 0 Å². The predicted molar refractivity (Wildman–Crippen MR) is 96.8 cm³/mol. The van der Waals surface area contributed by atoms with E-state index in [-0.39, 0.29) is 17.6 Å². The number of ether oxygens (including phenoxy) is 2. The fourth-order valence-electron chi connectivity index (χ4n) is 5.72. The third kappa shape index (κ3) is 3.55. The van der Waals surface area contributed by atoms with Gasteiger partial charge in [0.2, 0.25) is 0 Å². The highest BCUT2D eigenvalue weighted by atomic mass is 16.5. The summed E-state index contributed by atoms with van der Waals surface area (Å²) in [6, 6.07) is 7.20. The van der Waals surface area contributed by atoms with Crippen LogP contribution in [0, 0.1) is 17.8 Å². The van der Waals surface area contributed by atoms with Crippen molar-refractivity contribution in [3.63, 3.8) is 0 Å². The number of carbonyl (C=O) groups is 1. The van der Waals surface area contributed by atoms with Crippen LogP contribution in [0.4, 0.5) is 0 Å². The van der Waals surface area contributed by atoms with E-state index in [1.165, 1.54) is 38.5 Å². The summed E-state index contributed by atoms with van der Waals surface area (Å²) in [5.41, 5.74) is 0.752. The van der Waals surface area contributed by atoms with Crippen molar-refractivity contribution in [3.8, 4) is 5.75 Å². The molecule has 1 aromatic carbocycles. The zero-order chi connectivity index (χ0) is 17.4. The quantitative estimate of drug-likeness (QED) is 0.855. The van der Waals surface area contributed by atoms with Gasteiger partial charge in [0.1, 0.15) is 5.75 Å². The van der Waals surface area contributed by atoms with Gasteiger partial charge in [0, 0.05) is 12.1 Å². The van der Waals surface area contributed by atoms with E-state index >= 15 is 0 Å². The number of carbonyl (C=O) groups excluding carboxylic acids is 1. The first-order valence-electron chi connectivity index (χ1n) is 9.65. The lowest BCUT2D eigenvalue weighted by molar-refractivity contribution is -0.182. The summed E-state index contributed by atoms with van der Waals surface area (Å²) in [6.45, 7) is 2.65. The molecule has 4 aliphatic carbocycles. The second-order valence-corrected chi connectivity index (χ2v) is 8.47. The Labute approximate surface area is 150 Å². The lowest BCUT2D eigenvalue weighted by atomic mass is 9.54. The molecular formula is C21H29NO3. The largest absolute Gasteiger partial charge is 0.497 e. The summed E-state index contributed by atoms with van der Waals surface area (Å²) in [6.07, 6.45) is 8.02. The first kappa shape index (κ1) is 16.9. The van der Waals surface area contributed by atoms with E-state index in [1.54, 1.807) is 19.2 Å². The number of hydrogen-bond acceptors (Lipinski definition) is 3. The molecule has 0 radical (unpaired) electrons. The number of hydrogen-bond donors (Lipinski definition) is 1. The molecule has 0 heterocycles. The standard InChI is InChI=1S/C21H29NO3/c1-14(13-22-20(23)18-3-5-19(24-2)6-4-18)25-21-10-15-7-16(11-21)9-17(8-15)12-21/h3-6,14-17H,7-13H2,1-2H3,(H,22,23)/t14-,15?,16?,17?,21?/m1/s1. The van der Waals surface area contributed by atoms with E-state index < -0.39 is 0 Å². The first-order valence-corrected chi connectivity index (χ1v) is 9.65. The molecule has 0 aromatic heterocycles. The van der Waals surface area contributed by atoms with Gasteiger partial charge in [0.25, 0.3) is 5.91 Å². The average molecular weight is 343 g/mol. The molecule has 4 heteroatoms. The number of amides is 1. The van der Waals surface area contributed by atoms with Gasteiger partial charge in [-0.2, -0.15) is 0 Å². The third-order valence-corrected chi connectivity index (χ3v) is 6.34. The van der Waals surface area contributed by atoms with E-state index in [0.717, 1.165) is 23.5 Å². The van der Waals surface area contributed by atoms with Crippen LogP contribution in [-0.2, 0) is 4.74 Å². The summed E-state index contributed by atoms with van der Waals surface area (Å²) < 4.78 is 11.7. The molecule has 0 saturated heterocycles. The summed E-state index contributed by atoms with van der Waals surface area (Å²) in [5.74, 6) is 3.35. The summed E-state index contributed by atoms with van der Waals surface area (Å²) in [4.78, 5) is 12.3. The van der Waals surface area contributed by atoms with Crippen molar-refractivity contribution in [2.45, 2.75) is 57.2 Å². The molecule has 1 aromatic rings. The Morgan fingerprint density at radius 3 is 2.20 bits per heavy atom. The van der Waals surface area contributed by atoms with E-state index in [9.17, 15) is 4.79 Å². The molecule has 1 atom stereocenters. The topological polar surface area (TPSA) is 47.6 Å². The molecule has 4 fully saturated rings. The van der Waals surface area contributed by atoms with Crippen molar-refractivity contribution in [2.75, 3.05) is 13.7 Å². The van der Waals surface area contributed by atoms with Gasteiger partial charge in [0.15, 0.2) is 0 Å². The zero-order valence-electron chi connectivity index (χ0n) is 15.3. The first-order chi connectivity index (χ1) is 12.0. The fraction of sp³-hybridized carbons (Fsp3) is 0.667. The van der Waals surface area contributed by atoms with E-state index in [0.29, 0.717) is 12.1 Å². The fourth-order valence-corrected chi connectivity index (χ4v) is 5.72. The summed E-state index contributed by atoms with van der Waals surface area (Å²) in [7, 11) is 1.62. The minimum Gasteiger partial charge on any atom is -0.497 e. The lowest BCUT2D eigenvalue weighted by Crippen LogP contribution is -2.53. The Kier molecular flexibility index (Phi) is 4.48. The molecule has 5 rings (SSSR count). The van der Waals surface area contributed by atoms with Gasteiger partial charge in [-0.3, -0.25) is 4.79 Å². The van der Waals surface area contributed by atoms with E-state index in [1.807, 2.05) is 12.1 Å². The second-order valence-electron chi connectivity index (χ2n) is 8.47. The zero-order valence-corrected chi connectivity index (χ0v) is 15.3. The Hall–Kier alpha value is -1.55. The van der Waals surface area contributed by atoms with E-state index in [2.05, 4.69) is 12.2 Å². The van der Waals surface area contributed by atoms with Gasteiger partial charge in [-0.25, -0.2) is 0 Å². The van der Waals surface area contributed by atoms with Crippen molar-refractivity contribution in [1.29, 1.82) is 0 Å². The normalized spacial score (nSPS) is 33.9. The van der Waals surface area contributed by atoms with Gasteiger partial charge in [0.05, 0.1) is 18.8 Å². The monoisotopic (exact) mass is 343 g/mol. The van der Waals surface area contributed by atoms with Crippen molar-refractivity contribution in [2.24, 2.45) is 17.8 Å². The van der Waals surface area contributed by atoms with Gasteiger partial charge in [-0.05, 0) is 87.5 Å². The molecule has 0 aliphatic heterocycles. The van der Waals surface area contributed by atoms with Crippen molar-refractivity contribution in [3.05, 3.63) is 29.8 Å². The highest BCUT2D eigenvalue weighted by Crippen LogP contribution is 2.57. The van der Waals surface area contributed by atoms with Crippen LogP contribution in [0.5, 0.6) is 5.75 Å². The van der Waals surface area contributed by atoms with Gasteiger partial charge >= 0.3 is 0 Å². The maximum atomic E-state index is 12.3. The smallest absolute Gasteiger partial charge is 0.251 e. The van der Waals surface area contributed by atoms with Crippen molar-refractivity contribution >= 4 is 5.91 Å². The minimum absolute atomic E-state index is 0.0522. The maximum absolute atomic E-state index is 12.3. The Balaban J connectivity index is 1.30.